The third-order valence-electron chi connectivity index (χ3n) is 6.73. The molecule has 5 rings (SSSR count). The molecule has 8 nitrogen and oxygen atoms in total. The molecule has 0 bridgehead atoms. The van der Waals surface area contributed by atoms with Crippen LogP contribution in [0.1, 0.15) is 38.2 Å². The van der Waals surface area contributed by atoms with Gasteiger partial charge in [-0.15, -0.1) is 10.2 Å². The molecule has 2 N–H and O–H groups in total. The molecule has 9 heteroatoms. The van der Waals surface area contributed by atoms with E-state index in [0.29, 0.717) is 19.8 Å². The average molecular weight is 457 g/mol. The van der Waals surface area contributed by atoms with Crippen LogP contribution in [-0.2, 0) is 16.1 Å². The summed E-state index contributed by atoms with van der Waals surface area (Å²) in [5.74, 6) is 1.21. The first-order chi connectivity index (χ1) is 15.7. The third kappa shape index (κ3) is 4.65. The van der Waals surface area contributed by atoms with Crippen LogP contribution in [0.5, 0.6) is 0 Å². The van der Waals surface area contributed by atoms with E-state index in [-0.39, 0.29) is 29.3 Å². The van der Waals surface area contributed by atoms with Crippen LogP contribution in [0.2, 0.25) is 0 Å². The Morgan fingerprint density at radius 2 is 1.94 bits per heavy atom. The molecule has 2 saturated heterocycles. The van der Waals surface area contributed by atoms with Crippen LogP contribution in [0.3, 0.4) is 0 Å². The number of nitrogens with zero attached hydrogens (tertiary/aromatic N) is 4. The highest BCUT2D eigenvalue weighted by Gasteiger charge is 2.39. The van der Waals surface area contributed by atoms with E-state index in [4.69, 9.17) is 4.74 Å². The zero-order valence-electron chi connectivity index (χ0n) is 18.6. The van der Waals surface area contributed by atoms with Gasteiger partial charge in [0.2, 0.25) is 11.9 Å². The van der Waals surface area contributed by atoms with Crippen molar-refractivity contribution in [2.75, 3.05) is 31.2 Å². The van der Waals surface area contributed by atoms with Crippen molar-refractivity contribution in [3.63, 3.8) is 0 Å². The van der Waals surface area contributed by atoms with Crippen LogP contribution >= 0.6 is 11.8 Å². The lowest BCUT2D eigenvalue weighted by atomic mass is 9.82. The van der Waals surface area contributed by atoms with Gasteiger partial charge in [-0.1, -0.05) is 54.9 Å². The van der Waals surface area contributed by atoms with E-state index in [0.717, 1.165) is 43.5 Å². The molecule has 3 heterocycles. The smallest absolute Gasteiger partial charge is 0.228 e. The van der Waals surface area contributed by atoms with Gasteiger partial charge in [-0.2, -0.15) is 0 Å². The number of anilines is 1. The molecule has 3 aliphatic rings. The number of hydrogen-bond donors (Lipinski definition) is 2. The fourth-order valence-electron chi connectivity index (χ4n) is 4.93. The second-order valence-corrected chi connectivity index (χ2v) is 10.3. The number of thioether (sulfide) groups is 1. The van der Waals surface area contributed by atoms with E-state index in [1.807, 2.05) is 6.07 Å². The lowest BCUT2D eigenvalue weighted by Crippen LogP contribution is -2.64. The van der Waals surface area contributed by atoms with Gasteiger partial charge >= 0.3 is 0 Å². The Hall–Kier alpha value is -2.10. The number of aromatic nitrogens is 3. The van der Waals surface area contributed by atoms with Crippen molar-refractivity contribution >= 4 is 23.6 Å². The quantitative estimate of drug-likeness (QED) is 0.645. The standard InChI is InChI=1S/C23H32N6O2S/c1-16(20-24-19-10-6-5-9-18(19)21(30)25-20)32-23-27-26-22(28-11-13-31-14-12-28)29(23)15-17-7-3-2-4-8-17/h2-4,7-8,16,18-20,24H,5-6,9-15H2,1H3,(H,25,30). The zero-order valence-corrected chi connectivity index (χ0v) is 19.4. The van der Waals surface area contributed by atoms with Gasteiger partial charge in [0.05, 0.1) is 31.8 Å². The summed E-state index contributed by atoms with van der Waals surface area (Å²) >= 11 is 1.68. The van der Waals surface area contributed by atoms with Crippen molar-refractivity contribution in [1.82, 2.24) is 25.4 Å². The summed E-state index contributed by atoms with van der Waals surface area (Å²) in [6, 6.07) is 10.7. The molecule has 1 amide bonds. The number of amides is 1. The normalized spacial score (nSPS) is 27.0. The number of carbonyl (C=O) groups excluding carboxylic acids is 1. The van der Waals surface area contributed by atoms with E-state index >= 15 is 0 Å². The lowest BCUT2D eigenvalue weighted by molar-refractivity contribution is -0.130. The minimum absolute atomic E-state index is 0.0689. The second-order valence-electron chi connectivity index (χ2n) is 8.93. The molecular formula is C23H32N6O2S. The number of benzene rings is 1. The zero-order chi connectivity index (χ0) is 21.9. The number of carbonyl (C=O) groups is 1. The summed E-state index contributed by atoms with van der Waals surface area (Å²) in [5.41, 5.74) is 1.21. The van der Waals surface area contributed by atoms with Gasteiger partial charge in [0, 0.05) is 24.4 Å². The van der Waals surface area contributed by atoms with Crippen molar-refractivity contribution in [1.29, 1.82) is 0 Å². The van der Waals surface area contributed by atoms with Gasteiger partial charge in [-0.25, -0.2) is 0 Å². The SMILES string of the molecule is CC(Sc1nnc(N2CCOCC2)n1Cc1ccccc1)C1NC(=O)C2CCCCC2N1. The number of hydrogen-bond acceptors (Lipinski definition) is 7. The minimum atomic E-state index is -0.0689. The molecule has 172 valence electrons. The average Bonchev–Trinajstić information content (AvgIpc) is 3.22. The monoisotopic (exact) mass is 456 g/mol. The van der Waals surface area contributed by atoms with Gasteiger partial charge in [-0.05, 0) is 25.3 Å². The number of morpholine rings is 1. The topological polar surface area (TPSA) is 84.3 Å². The Kier molecular flexibility index (Phi) is 6.66. The molecule has 2 aliphatic heterocycles. The number of fused-ring (bicyclic) bond motifs is 1. The van der Waals surface area contributed by atoms with Crippen molar-refractivity contribution < 1.29 is 9.53 Å². The first kappa shape index (κ1) is 21.7. The van der Waals surface area contributed by atoms with E-state index in [1.54, 1.807) is 11.8 Å². The number of rotatable bonds is 6. The van der Waals surface area contributed by atoms with E-state index in [1.165, 1.54) is 12.0 Å². The Bertz CT molecular complexity index is 916. The molecule has 0 radical (unpaired) electrons. The summed E-state index contributed by atoms with van der Waals surface area (Å²) in [4.78, 5) is 15.0. The molecular weight excluding hydrogens is 424 g/mol. The summed E-state index contributed by atoms with van der Waals surface area (Å²) in [7, 11) is 0. The molecule has 0 spiro atoms. The maximum atomic E-state index is 12.7. The van der Waals surface area contributed by atoms with Gasteiger partial charge < -0.3 is 15.0 Å². The predicted molar refractivity (Wildman–Crippen MR) is 125 cm³/mol. The minimum Gasteiger partial charge on any atom is -0.378 e. The van der Waals surface area contributed by atoms with Crippen LogP contribution in [0, 0.1) is 5.92 Å². The molecule has 32 heavy (non-hydrogen) atoms. The maximum absolute atomic E-state index is 12.7. The number of ether oxygens (including phenoxy) is 1. The Morgan fingerprint density at radius 1 is 1.16 bits per heavy atom. The van der Waals surface area contributed by atoms with Gasteiger partial charge in [0.15, 0.2) is 5.16 Å². The van der Waals surface area contributed by atoms with E-state index in [9.17, 15) is 4.79 Å². The van der Waals surface area contributed by atoms with E-state index in [2.05, 4.69) is 61.5 Å². The van der Waals surface area contributed by atoms with Crippen molar-refractivity contribution in [3.05, 3.63) is 35.9 Å². The molecule has 3 fully saturated rings. The van der Waals surface area contributed by atoms with E-state index < -0.39 is 0 Å². The molecule has 2 aromatic rings. The summed E-state index contributed by atoms with van der Waals surface area (Å²) in [5, 5.41) is 17.1. The first-order valence-corrected chi connectivity index (χ1v) is 12.6. The van der Waals surface area contributed by atoms with Crippen LogP contribution in [-0.4, -0.2) is 64.4 Å². The molecule has 1 saturated carbocycles. The summed E-state index contributed by atoms with van der Waals surface area (Å²) in [6.07, 6.45) is 4.35. The fourth-order valence-corrected chi connectivity index (χ4v) is 5.91. The van der Waals surface area contributed by atoms with Gasteiger partial charge in [0.1, 0.15) is 0 Å². The lowest BCUT2D eigenvalue weighted by Gasteiger charge is -2.41. The number of nitrogens with one attached hydrogen (secondary N) is 2. The Balaban J connectivity index is 1.35. The van der Waals surface area contributed by atoms with Gasteiger partial charge in [0.25, 0.3) is 0 Å². The van der Waals surface area contributed by atoms with Crippen molar-refractivity contribution in [3.8, 4) is 0 Å². The summed E-state index contributed by atoms with van der Waals surface area (Å²) < 4.78 is 7.73. The van der Waals surface area contributed by atoms with Crippen LogP contribution in [0.15, 0.2) is 35.5 Å². The highest BCUT2D eigenvalue weighted by atomic mass is 32.2. The summed E-state index contributed by atoms with van der Waals surface area (Å²) in [6.45, 7) is 5.91. The Labute approximate surface area is 193 Å². The van der Waals surface area contributed by atoms with Crippen LogP contribution in [0.4, 0.5) is 5.95 Å². The van der Waals surface area contributed by atoms with Crippen molar-refractivity contribution in [2.45, 2.75) is 61.8 Å². The third-order valence-corrected chi connectivity index (χ3v) is 7.89. The maximum Gasteiger partial charge on any atom is 0.228 e. The second kappa shape index (κ2) is 9.80. The largest absolute Gasteiger partial charge is 0.378 e. The molecule has 1 aromatic heterocycles. The van der Waals surface area contributed by atoms with Crippen molar-refractivity contribution in [2.24, 2.45) is 5.92 Å². The van der Waals surface area contributed by atoms with Gasteiger partial charge in [-0.3, -0.25) is 14.7 Å². The fraction of sp³-hybridized carbons (Fsp3) is 0.609. The highest BCUT2D eigenvalue weighted by molar-refractivity contribution is 7.99. The molecule has 1 aliphatic carbocycles. The first-order valence-electron chi connectivity index (χ1n) is 11.7. The molecule has 4 unspecified atom stereocenters. The highest BCUT2D eigenvalue weighted by Crippen LogP contribution is 2.32. The Morgan fingerprint density at radius 3 is 2.75 bits per heavy atom. The molecule has 1 aromatic carbocycles. The van der Waals surface area contributed by atoms with Crippen LogP contribution < -0.4 is 15.5 Å². The predicted octanol–water partition coefficient (Wildman–Crippen LogP) is 2.25. The molecule has 4 atom stereocenters. The van der Waals surface area contributed by atoms with Crippen LogP contribution in [0.25, 0.3) is 0 Å².